The van der Waals surface area contributed by atoms with Crippen molar-refractivity contribution >= 4 is 45.6 Å². The molecule has 0 saturated carbocycles. The number of anilines is 1. The summed E-state index contributed by atoms with van der Waals surface area (Å²) in [5.74, 6) is 0.298. The largest absolute Gasteiger partial charge is 0.383 e. The summed E-state index contributed by atoms with van der Waals surface area (Å²) < 4.78 is 31.5. The van der Waals surface area contributed by atoms with Crippen LogP contribution in [0.1, 0.15) is 11.1 Å². The predicted molar refractivity (Wildman–Crippen MR) is 119 cm³/mol. The lowest BCUT2D eigenvalue weighted by Gasteiger charge is -2.08. The maximum atomic E-state index is 12.1. The van der Waals surface area contributed by atoms with Gasteiger partial charge in [0, 0.05) is 19.3 Å². The molecular weight excluding hydrogens is 479 g/mol. The van der Waals surface area contributed by atoms with E-state index in [0.29, 0.717) is 19.1 Å². The number of aryl methyl sites for hydroxylation is 1. The van der Waals surface area contributed by atoms with Crippen LogP contribution in [0.5, 0.6) is 0 Å². The highest BCUT2D eigenvalue weighted by Crippen LogP contribution is 2.12. The van der Waals surface area contributed by atoms with Gasteiger partial charge in [0.15, 0.2) is 5.96 Å². The highest BCUT2D eigenvalue weighted by molar-refractivity contribution is 14.0. The Hall–Kier alpha value is -1.69. The Balaban J connectivity index is 0.00000364. The fraction of sp³-hybridized carbons (Fsp3) is 0.278. The fourth-order valence-electron chi connectivity index (χ4n) is 2.14. The van der Waals surface area contributed by atoms with Crippen molar-refractivity contribution in [3.63, 3.8) is 0 Å². The van der Waals surface area contributed by atoms with Gasteiger partial charge in [0.1, 0.15) is 0 Å². The first kappa shape index (κ1) is 23.3. The molecule has 27 heavy (non-hydrogen) atoms. The van der Waals surface area contributed by atoms with Crippen LogP contribution in [0.3, 0.4) is 0 Å². The van der Waals surface area contributed by atoms with Crippen LogP contribution in [0.15, 0.2) is 58.4 Å². The van der Waals surface area contributed by atoms with E-state index in [1.807, 2.05) is 31.2 Å². The zero-order valence-electron chi connectivity index (χ0n) is 15.3. The topological polar surface area (TPSA) is 106 Å². The third-order valence-electron chi connectivity index (χ3n) is 3.59. The van der Waals surface area contributed by atoms with Gasteiger partial charge in [-0.25, -0.2) is 18.1 Å². The Kier molecular flexibility index (Phi) is 9.70. The summed E-state index contributed by atoms with van der Waals surface area (Å²) in [6.07, 6.45) is 0. The summed E-state index contributed by atoms with van der Waals surface area (Å²) in [6.45, 7) is 2.91. The molecule has 0 amide bonds. The fourth-order valence-corrected chi connectivity index (χ4v) is 3.15. The third-order valence-corrected chi connectivity index (χ3v) is 5.06. The number of nitrogens with zero attached hydrogens (tertiary/aromatic N) is 1. The van der Waals surface area contributed by atoms with Crippen molar-refractivity contribution in [1.29, 1.82) is 0 Å². The summed E-state index contributed by atoms with van der Waals surface area (Å²) in [7, 11) is -2.01. The molecule has 2 aromatic rings. The second kappa shape index (κ2) is 11.2. The minimum Gasteiger partial charge on any atom is -0.383 e. The van der Waals surface area contributed by atoms with Gasteiger partial charge in [0.2, 0.25) is 10.0 Å². The Morgan fingerprint density at radius 3 is 2.33 bits per heavy atom. The quantitative estimate of drug-likeness (QED) is 0.222. The molecule has 0 aliphatic rings. The number of ether oxygens (including phenoxy) is 1. The van der Waals surface area contributed by atoms with Gasteiger partial charge in [-0.15, -0.1) is 24.0 Å². The minimum atomic E-state index is -3.53. The first-order valence-corrected chi connectivity index (χ1v) is 9.60. The van der Waals surface area contributed by atoms with Crippen molar-refractivity contribution in [2.75, 3.05) is 25.6 Å². The van der Waals surface area contributed by atoms with Crippen molar-refractivity contribution in [3.05, 3.63) is 59.7 Å². The van der Waals surface area contributed by atoms with Gasteiger partial charge in [-0.05, 0) is 36.8 Å². The van der Waals surface area contributed by atoms with Crippen LogP contribution < -0.4 is 15.8 Å². The maximum Gasteiger partial charge on any atom is 0.240 e. The molecule has 0 bridgehead atoms. The van der Waals surface area contributed by atoms with Crippen LogP contribution in [0.4, 0.5) is 5.69 Å². The molecule has 0 fully saturated rings. The van der Waals surface area contributed by atoms with Crippen LogP contribution in [-0.4, -0.2) is 34.6 Å². The number of benzene rings is 2. The van der Waals surface area contributed by atoms with Gasteiger partial charge in [0.05, 0.1) is 18.0 Å². The SMILES string of the molecule is COCCNS(=O)(=O)c1ccc(CN=C(N)Nc2ccc(C)cc2)cc1.I. The van der Waals surface area contributed by atoms with Crippen molar-refractivity contribution in [2.45, 2.75) is 18.4 Å². The van der Waals surface area contributed by atoms with Gasteiger partial charge < -0.3 is 15.8 Å². The zero-order valence-corrected chi connectivity index (χ0v) is 18.5. The smallest absolute Gasteiger partial charge is 0.240 e. The van der Waals surface area contributed by atoms with Gasteiger partial charge >= 0.3 is 0 Å². The molecule has 0 aliphatic heterocycles. The van der Waals surface area contributed by atoms with E-state index >= 15 is 0 Å². The number of aliphatic imine (C=N–C) groups is 1. The Morgan fingerprint density at radius 1 is 1.11 bits per heavy atom. The first-order chi connectivity index (χ1) is 12.4. The number of methoxy groups -OCH3 is 1. The highest BCUT2D eigenvalue weighted by atomic mass is 127. The van der Waals surface area contributed by atoms with E-state index in [9.17, 15) is 8.42 Å². The summed E-state index contributed by atoms with van der Waals surface area (Å²) in [6, 6.07) is 14.3. The van der Waals surface area contributed by atoms with E-state index in [0.717, 1.165) is 16.8 Å². The van der Waals surface area contributed by atoms with Crippen molar-refractivity contribution in [1.82, 2.24) is 4.72 Å². The molecule has 0 unspecified atom stereocenters. The van der Waals surface area contributed by atoms with Gasteiger partial charge in [-0.3, -0.25) is 0 Å². The van der Waals surface area contributed by atoms with Crippen molar-refractivity contribution in [2.24, 2.45) is 10.7 Å². The Morgan fingerprint density at radius 2 is 1.74 bits per heavy atom. The molecule has 2 rings (SSSR count). The average Bonchev–Trinajstić information content (AvgIpc) is 2.62. The van der Waals surface area contributed by atoms with Crippen molar-refractivity contribution in [3.8, 4) is 0 Å². The van der Waals surface area contributed by atoms with Crippen LogP contribution in [0.25, 0.3) is 0 Å². The number of halogens is 1. The van der Waals surface area contributed by atoms with Crippen molar-refractivity contribution < 1.29 is 13.2 Å². The molecule has 0 saturated heterocycles. The monoisotopic (exact) mass is 504 g/mol. The molecule has 2 aromatic carbocycles. The summed E-state index contributed by atoms with van der Waals surface area (Å²) in [5, 5.41) is 3.01. The van der Waals surface area contributed by atoms with E-state index < -0.39 is 10.0 Å². The Bertz CT molecular complexity index is 838. The van der Waals surface area contributed by atoms with Gasteiger partial charge in [-0.2, -0.15) is 0 Å². The molecule has 0 spiro atoms. The van der Waals surface area contributed by atoms with Gasteiger partial charge in [0.25, 0.3) is 0 Å². The standard InChI is InChI=1S/C18H24N4O3S.HI/c1-14-3-7-16(8-4-14)22-18(19)20-13-15-5-9-17(10-6-15)26(23,24)21-11-12-25-2;/h3-10,21H,11-13H2,1-2H3,(H3,19,20,22);1H. The van der Waals surface area contributed by atoms with Crippen LogP contribution >= 0.6 is 24.0 Å². The summed E-state index contributed by atoms with van der Waals surface area (Å²) in [4.78, 5) is 4.47. The number of sulfonamides is 1. The number of hydrogen-bond donors (Lipinski definition) is 3. The first-order valence-electron chi connectivity index (χ1n) is 8.12. The normalized spacial score (nSPS) is 11.7. The molecule has 4 N–H and O–H groups in total. The maximum absolute atomic E-state index is 12.1. The molecule has 7 nitrogen and oxygen atoms in total. The number of rotatable bonds is 8. The number of guanidine groups is 1. The Labute approximate surface area is 177 Å². The second-order valence-corrected chi connectivity index (χ2v) is 7.49. The highest BCUT2D eigenvalue weighted by Gasteiger charge is 2.12. The number of hydrogen-bond acceptors (Lipinski definition) is 4. The van der Waals surface area contributed by atoms with E-state index in [-0.39, 0.29) is 35.4 Å². The molecule has 148 valence electrons. The second-order valence-electron chi connectivity index (χ2n) is 5.73. The van der Waals surface area contributed by atoms with E-state index in [2.05, 4.69) is 15.0 Å². The third kappa shape index (κ3) is 7.83. The minimum absolute atomic E-state index is 0. The molecule has 0 aromatic heterocycles. The molecule has 0 aliphatic carbocycles. The lowest BCUT2D eigenvalue weighted by molar-refractivity contribution is 0.204. The van der Waals surface area contributed by atoms with E-state index in [4.69, 9.17) is 10.5 Å². The molecule has 9 heteroatoms. The number of nitrogens with one attached hydrogen (secondary N) is 2. The molecule has 0 heterocycles. The lowest BCUT2D eigenvalue weighted by Crippen LogP contribution is -2.27. The zero-order chi connectivity index (χ0) is 19.0. The average molecular weight is 504 g/mol. The van der Waals surface area contributed by atoms with E-state index in [1.165, 1.54) is 7.11 Å². The molecule has 0 atom stereocenters. The predicted octanol–water partition coefficient (Wildman–Crippen LogP) is 2.46. The number of nitrogens with two attached hydrogens (primary N) is 1. The summed E-state index contributed by atoms with van der Waals surface area (Å²) >= 11 is 0. The van der Waals surface area contributed by atoms with Crippen LogP contribution in [0.2, 0.25) is 0 Å². The van der Waals surface area contributed by atoms with Crippen LogP contribution in [0, 0.1) is 6.92 Å². The van der Waals surface area contributed by atoms with E-state index in [1.54, 1.807) is 24.3 Å². The van der Waals surface area contributed by atoms with Crippen LogP contribution in [-0.2, 0) is 21.3 Å². The molecular formula is C18H25IN4O3S. The van der Waals surface area contributed by atoms with Gasteiger partial charge in [-0.1, -0.05) is 29.8 Å². The molecule has 0 radical (unpaired) electrons. The lowest BCUT2D eigenvalue weighted by atomic mass is 10.2. The summed E-state index contributed by atoms with van der Waals surface area (Å²) in [5.41, 5.74) is 8.76.